The minimum Gasteiger partial charge on any atom is -0.491 e. The zero-order valence-corrected chi connectivity index (χ0v) is 11.7. The summed E-state index contributed by atoms with van der Waals surface area (Å²) in [5, 5.41) is 0. The van der Waals surface area contributed by atoms with Crippen molar-refractivity contribution in [3.8, 4) is 5.75 Å². The van der Waals surface area contributed by atoms with Crippen molar-refractivity contribution >= 4 is 15.9 Å². The number of hydrogen-bond acceptors (Lipinski definition) is 2. The third kappa shape index (κ3) is 4.99. The maximum absolute atomic E-state index is 5.61. The van der Waals surface area contributed by atoms with Crippen molar-refractivity contribution in [1.82, 2.24) is 0 Å². The standard InChI is InChI=1S/C13H19BrO2/c1-10(2)11(3)15-8-9-16-13-6-4-12(14)5-7-13/h4-7,10-11H,8-9H2,1-3H3. The summed E-state index contributed by atoms with van der Waals surface area (Å²) in [4.78, 5) is 0. The summed E-state index contributed by atoms with van der Waals surface area (Å²) >= 11 is 3.38. The van der Waals surface area contributed by atoms with Crippen LogP contribution in [-0.4, -0.2) is 19.3 Å². The maximum atomic E-state index is 5.61. The summed E-state index contributed by atoms with van der Waals surface area (Å²) in [6.45, 7) is 7.62. The first-order chi connectivity index (χ1) is 7.59. The lowest BCUT2D eigenvalue weighted by molar-refractivity contribution is 0.0188. The highest BCUT2D eigenvalue weighted by Gasteiger charge is 2.06. The Balaban J connectivity index is 2.18. The Morgan fingerprint density at radius 1 is 1.06 bits per heavy atom. The molecule has 0 aromatic heterocycles. The van der Waals surface area contributed by atoms with Gasteiger partial charge >= 0.3 is 0 Å². The summed E-state index contributed by atoms with van der Waals surface area (Å²) < 4.78 is 12.2. The van der Waals surface area contributed by atoms with Gasteiger partial charge in [-0.3, -0.25) is 0 Å². The van der Waals surface area contributed by atoms with E-state index in [-0.39, 0.29) is 6.10 Å². The molecule has 1 aromatic carbocycles. The molecule has 2 nitrogen and oxygen atoms in total. The number of benzene rings is 1. The van der Waals surface area contributed by atoms with Gasteiger partial charge in [-0.1, -0.05) is 29.8 Å². The molecule has 16 heavy (non-hydrogen) atoms. The molecule has 1 atom stereocenters. The monoisotopic (exact) mass is 286 g/mol. The van der Waals surface area contributed by atoms with E-state index in [9.17, 15) is 0 Å². The molecule has 0 heterocycles. The predicted molar refractivity (Wildman–Crippen MR) is 69.9 cm³/mol. The molecule has 1 aromatic rings. The maximum Gasteiger partial charge on any atom is 0.119 e. The molecule has 0 N–H and O–H groups in total. The Morgan fingerprint density at radius 2 is 1.69 bits per heavy atom. The van der Waals surface area contributed by atoms with Gasteiger partial charge in [0.15, 0.2) is 0 Å². The van der Waals surface area contributed by atoms with Crippen LogP contribution in [0.5, 0.6) is 5.75 Å². The molecule has 0 saturated heterocycles. The van der Waals surface area contributed by atoms with Crippen molar-refractivity contribution in [3.05, 3.63) is 28.7 Å². The number of rotatable bonds is 6. The van der Waals surface area contributed by atoms with Gasteiger partial charge in [0.25, 0.3) is 0 Å². The van der Waals surface area contributed by atoms with Crippen molar-refractivity contribution in [2.24, 2.45) is 5.92 Å². The van der Waals surface area contributed by atoms with E-state index in [0.29, 0.717) is 19.1 Å². The highest BCUT2D eigenvalue weighted by molar-refractivity contribution is 9.10. The molecule has 0 aliphatic rings. The third-order valence-electron chi connectivity index (χ3n) is 2.49. The van der Waals surface area contributed by atoms with E-state index >= 15 is 0 Å². The van der Waals surface area contributed by atoms with Crippen LogP contribution < -0.4 is 4.74 Å². The molecular weight excluding hydrogens is 268 g/mol. The zero-order valence-electron chi connectivity index (χ0n) is 10.1. The quantitative estimate of drug-likeness (QED) is 0.739. The van der Waals surface area contributed by atoms with Gasteiger partial charge in [0.05, 0.1) is 12.7 Å². The molecule has 3 heteroatoms. The third-order valence-corrected chi connectivity index (χ3v) is 3.01. The summed E-state index contributed by atoms with van der Waals surface area (Å²) in [5.41, 5.74) is 0. The van der Waals surface area contributed by atoms with E-state index in [2.05, 4.69) is 36.7 Å². The fourth-order valence-corrected chi connectivity index (χ4v) is 1.38. The van der Waals surface area contributed by atoms with Crippen molar-refractivity contribution in [2.45, 2.75) is 26.9 Å². The van der Waals surface area contributed by atoms with Gasteiger partial charge in [0.2, 0.25) is 0 Å². The average Bonchev–Trinajstić information content (AvgIpc) is 2.26. The molecule has 0 radical (unpaired) electrons. The summed E-state index contributed by atoms with van der Waals surface area (Å²) in [6, 6.07) is 7.81. The minimum absolute atomic E-state index is 0.286. The van der Waals surface area contributed by atoms with Crippen LogP contribution in [0.15, 0.2) is 28.7 Å². The van der Waals surface area contributed by atoms with E-state index in [1.165, 1.54) is 0 Å². The molecule has 0 bridgehead atoms. The summed E-state index contributed by atoms with van der Waals surface area (Å²) in [7, 11) is 0. The summed E-state index contributed by atoms with van der Waals surface area (Å²) in [6.07, 6.45) is 0.286. The smallest absolute Gasteiger partial charge is 0.119 e. The molecule has 1 unspecified atom stereocenters. The van der Waals surface area contributed by atoms with Crippen molar-refractivity contribution in [3.63, 3.8) is 0 Å². The molecule has 0 amide bonds. The topological polar surface area (TPSA) is 18.5 Å². The SMILES string of the molecule is CC(C)C(C)OCCOc1ccc(Br)cc1. The fraction of sp³-hybridized carbons (Fsp3) is 0.538. The largest absolute Gasteiger partial charge is 0.491 e. The van der Waals surface area contributed by atoms with Crippen LogP contribution in [0.1, 0.15) is 20.8 Å². The van der Waals surface area contributed by atoms with Gasteiger partial charge in [-0.2, -0.15) is 0 Å². The highest BCUT2D eigenvalue weighted by Crippen LogP contribution is 2.16. The lowest BCUT2D eigenvalue weighted by Crippen LogP contribution is -2.19. The van der Waals surface area contributed by atoms with Crippen LogP contribution in [0.2, 0.25) is 0 Å². The molecule has 0 saturated carbocycles. The fourth-order valence-electron chi connectivity index (χ4n) is 1.12. The Hall–Kier alpha value is -0.540. The molecule has 0 spiro atoms. The van der Waals surface area contributed by atoms with Crippen LogP contribution in [0.3, 0.4) is 0 Å². The van der Waals surface area contributed by atoms with E-state index in [4.69, 9.17) is 9.47 Å². The number of hydrogen-bond donors (Lipinski definition) is 0. The Labute approximate surface area is 106 Å². The van der Waals surface area contributed by atoms with Crippen LogP contribution >= 0.6 is 15.9 Å². The first kappa shape index (κ1) is 13.5. The van der Waals surface area contributed by atoms with Crippen LogP contribution in [0.4, 0.5) is 0 Å². The van der Waals surface area contributed by atoms with Crippen LogP contribution in [-0.2, 0) is 4.74 Å². The molecule has 0 aliphatic carbocycles. The van der Waals surface area contributed by atoms with E-state index in [1.54, 1.807) is 0 Å². The lowest BCUT2D eigenvalue weighted by Gasteiger charge is -2.16. The Morgan fingerprint density at radius 3 is 2.25 bits per heavy atom. The molecular formula is C13H19BrO2. The van der Waals surface area contributed by atoms with Gasteiger partial charge in [0, 0.05) is 4.47 Å². The van der Waals surface area contributed by atoms with Crippen molar-refractivity contribution in [2.75, 3.05) is 13.2 Å². The molecule has 1 rings (SSSR count). The normalized spacial score (nSPS) is 12.8. The van der Waals surface area contributed by atoms with Gasteiger partial charge in [-0.25, -0.2) is 0 Å². The van der Waals surface area contributed by atoms with Gasteiger partial charge in [-0.15, -0.1) is 0 Å². The van der Waals surface area contributed by atoms with Crippen LogP contribution in [0, 0.1) is 5.92 Å². The minimum atomic E-state index is 0.286. The second kappa shape index (κ2) is 6.92. The second-order valence-electron chi connectivity index (χ2n) is 4.12. The highest BCUT2D eigenvalue weighted by atomic mass is 79.9. The predicted octanol–water partition coefficient (Wildman–Crippen LogP) is 3.89. The Kier molecular flexibility index (Phi) is 5.85. The number of ether oxygens (including phenoxy) is 2. The first-order valence-corrected chi connectivity index (χ1v) is 6.39. The van der Waals surface area contributed by atoms with Crippen molar-refractivity contribution < 1.29 is 9.47 Å². The van der Waals surface area contributed by atoms with Crippen molar-refractivity contribution in [1.29, 1.82) is 0 Å². The molecule has 0 fully saturated rings. The molecule has 0 aliphatic heterocycles. The first-order valence-electron chi connectivity index (χ1n) is 5.59. The lowest BCUT2D eigenvalue weighted by atomic mass is 10.1. The van der Waals surface area contributed by atoms with Crippen LogP contribution in [0.25, 0.3) is 0 Å². The second-order valence-corrected chi connectivity index (χ2v) is 5.04. The Bertz CT molecular complexity index is 295. The van der Waals surface area contributed by atoms with Gasteiger partial charge in [-0.05, 0) is 37.1 Å². The van der Waals surface area contributed by atoms with Gasteiger partial charge in [0.1, 0.15) is 12.4 Å². The van der Waals surface area contributed by atoms with Gasteiger partial charge < -0.3 is 9.47 Å². The summed E-state index contributed by atoms with van der Waals surface area (Å²) in [5.74, 6) is 1.43. The zero-order chi connectivity index (χ0) is 12.0. The van der Waals surface area contributed by atoms with E-state index < -0.39 is 0 Å². The van der Waals surface area contributed by atoms with E-state index in [0.717, 1.165) is 10.2 Å². The average molecular weight is 287 g/mol. The molecule has 90 valence electrons. The van der Waals surface area contributed by atoms with E-state index in [1.807, 2.05) is 24.3 Å². The number of halogens is 1.